The first kappa shape index (κ1) is 13.2. The van der Waals surface area contributed by atoms with Crippen molar-refractivity contribution < 1.29 is 14.6 Å². The van der Waals surface area contributed by atoms with Crippen molar-refractivity contribution in [1.82, 2.24) is 0 Å². The standard InChI is InChI=1S/C13H16ClNO3/c1-8-6-10(4-5-18-8)15-12-7-9(14)2-3-11(12)13(16)17/h2-3,7-8,10,15H,4-6H2,1H3,(H,16,17). The normalized spacial score (nSPS) is 23.7. The molecule has 0 radical (unpaired) electrons. The average molecular weight is 270 g/mol. The molecule has 0 aliphatic carbocycles. The zero-order valence-corrected chi connectivity index (χ0v) is 10.9. The molecule has 2 rings (SSSR count). The predicted molar refractivity (Wildman–Crippen MR) is 70.5 cm³/mol. The summed E-state index contributed by atoms with van der Waals surface area (Å²) in [6.45, 7) is 2.71. The second-order valence-electron chi connectivity index (χ2n) is 4.54. The van der Waals surface area contributed by atoms with Gasteiger partial charge in [0.05, 0.1) is 17.4 Å². The molecule has 0 bridgehead atoms. The average Bonchev–Trinajstić information content (AvgIpc) is 2.28. The number of anilines is 1. The number of carboxylic acids is 1. The first-order valence-electron chi connectivity index (χ1n) is 5.97. The molecule has 1 heterocycles. The molecule has 0 saturated carbocycles. The number of hydrogen-bond acceptors (Lipinski definition) is 3. The summed E-state index contributed by atoms with van der Waals surface area (Å²) in [4.78, 5) is 11.1. The van der Waals surface area contributed by atoms with Crippen LogP contribution in [0.1, 0.15) is 30.1 Å². The first-order valence-corrected chi connectivity index (χ1v) is 6.35. The molecule has 18 heavy (non-hydrogen) atoms. The van der Waals surface area contributed by atoms with Crippen LogP contribution in [0.3, 0.4) is 0 Å². The van der Waals surface area contributed by atoms with Gasteiger partial charge in [0, 0.05) is 17.7 Å². The fourth-order valence-corrected chi connectivity index (χ4v) is 2.34. The Hall–Kier alpha value is -1.26. The Morgan fingerprint density at radius 3 is 3.00 bits per heavy atom. The number of rotatable bonds is 3. The maximum absolute atomic E-state index is 11.1. The van der Waals surface area contributed by atoms with Crippen LogP contribution in [0.2, 0.25) is 5.02 Å². The maximum Gasteiger partial charge on any atom is 0.337 e. The van der Waals surface area contributed by atoms with E-state index in [1.54, 1.807) is 12.1 Å². The van der Waals surface area contributed by atoms with E-state index < -0.39 is 5.97 Å². The lowest BCUT2D eigenvalue weighted by molar-refractivity contribution is 0.0232. The molecule has 98 valence electrons. The summed E-state index contributed by atoms with van der Waals surface area (Å²) < 4.78 is 5.46. The van der Waals surface area contributed by atoms with E-state index in [-0.39, 0.29) is 17.7 Å². The van der Waals surface area contributed by atoms with Crippen LogP contribution in [0.15, 0.2) is 18.2 Å². The molecule has 1 fully saturated rings. The van der Waals surface area contributed by atoms with Gasteiger partial charge >= 0.3 is 5.97 Å². The number of aromatic carboxylic acids is 1. The molecule has 1 aliphatic rings. The van der Waals surface area contributed by atoms with E-state index >= 15 is 0 Å². The van der Waals surface area contributed by atoms with Crippen molar-refractivity contribution in [3.05, 3.63) is 28.8 Å². The minimum absolute atomic E-state index is 0.198. The number of benzene rings is 1. The van der Waals surface area contributed by atoms with Gasteiger partial charge in [0.25, 0.3) is 0 Å². The molecule has 2 unspecified atom stereocenters. The van der Waals surface area contributed by atoms with Crippen LogP contribution in [-0.4, -0.2) is 29.8 Å². The minimum Gasteiger partial charge on any atom is -0.478 e. The maximum atomic E-state index is 11.1. The molecule has 1 aromatic carbocycles. The highest BCUT2D eigenvalue weighted by atomic mass is 35.5. The molecule has 0 amide bonds. The van der Waals surface area contributed by atoms with Crippen molar-refractivity contribution in [2.45, 2.75) is 31.9 Å². The van der Waals surface area contributed by atoms with Gasteiger partial charge in [-0.25, -0.2) is 4.79 Å². The molecule has 1 aliphatic heterocycles. The van der Waals surface area contributed by atoms with E-state index in [0.717, 1.165) is 12.8 Å². The topological polar surface area (TPSA) is 58.6 Å². The number of hydrogen-bond donors (Lipinski definition) is 2. The predicted octanol–water partition coefficient (Wildman–Crippen LogP) is 3.02. The summed E-state index contributed by atoms with van der Waals surface area (Å²) in [6, 6.07) is 4.99. The molecular weight excluding hydrogens is 254 g/mol. The quantitative estimate of drug-likeness (QED) is 0.886. The number of halogens is 1. The van der Waals surface area contributed by atoms with Gasteiger partial charge in [-0.3, -0.25) is 0 Å². The molecule has 2 atom stereocenters. The Kier molecular flexibility index (Phi) is 4.09. The fraction of sp³-hybridized carbons (Fsp3) is 0.462. The summed E-state index contributed by atoms with van der Waals surface area (Å²) >= 11 is 5.91. The van der Waals surface area contributed by atoms with Gasteiger partial charge in [-0.15, -0.1) is 0 Å². The van der Waals surface area contributed by atoms with E-state index in [9.17, 15) is 4.79 Å². The van der Waals surface area contributed by atoms with Crippen molar-refractivity contribution in [1.29, 1.82) is 0 Å². The third kappa shape index (κ3) is 3.15. The Morgan fingerprint density at radius 1 is 1.56 bits per heavy atom. The lowest BCUT2D eigenvalue weighted by Crippen LogP contribution is -2.32. The van der Waals surface area contributed by atoms with Crippen LogP contribution in [0.25, 0.3) is 0 Å². The lowest BCUT2D eigenvalue weighted by Gasteiger charge is -2.29. The molecule has 0 spiro atoms. The van der Waals surface area contributed by atoms with Crippen LogP contribution in [0.4, 0.5) is 5.69 Å². The van der Waals surface area contributed by atoms with Crippen molar-refractivity contribution >= 4 is 23.3 Å². The van der Waals surface area contributed by atoms with Gasteiger partial charge in [-0.05, 0) is 38.0 Å². The summed E-state index contributed by atoms with van der Waals surface area (Å²) in [5.74, 6) is -0.950. The van der Waals surface area contributed by atoms with Crippen molar-refractivity contribution in [2.75, 3.05) is 11.9 Å². The monoisotopic (exact) mass is 269 g/mol. The second-order valence-corrected chi connectivity index (χ2v) is 4.98. The third-order valence-electron chi connectivity index (χ3n) is 3.06. The van der Waals surface area contributed by atoms with Gasteiger partial charge in [-0.1, -0.05) is 11.6 Å². The largest absolute Gasteiger partial charge is 0.478 e. The molecule has 5 heteroatoms. The third-order valence-corrected chi connectivity index (χ3v) is 3.29. The minimum atomic E-state index is -0.950. The molecular formula is C13H16ClNO3. The van der Waals surface area contributed by atoms with Crippen LogP contribution < -0.4 is 5.32 Å². The Bertz CT molecular complexity index is 450. The number of ether oxygens (including phenoxy) is 1. The summed E-state index contributed by atoms with van der Waals surface area (Å²) in [5.41, 5.74) is 0.827. The molecule has 1 saturated heterocycles. The highest BCUT2D eigenvalue weighted by molar-refractivity contribution is 6.31. The van der Waals surface area contributed by atoms with E-state index in [1.807, 2.05) is 6.92 Å². The summed E-state index contributed by atoms with van der Waals surface area (Å²) in [6.07, 6.45) is 1.94. The van der Waals surface area contributed by atoms with Crippen molar-refractivity contribution in [3.8, 4) is 0 Å². The zero-order valence-electron chi connectivity index (χ0n) is 10.1. The number of carboxylic acid groups (broad SMARTS) is 1. The molecule has 2 N–H and O–H groups in total. The van der Waals surface area contributed by atoms with Crippen LogP contribution >= 0.6 is 11.6 Å². The highest BCUT2D eigenvalue weighted by Crippen LogP contribution is 2.25. The van der Waals surface area contributed by atoms with Gasteiger partial charge in [0.1, 0.15) is 0 Å². The molecule has 1 aromatic rings. The zero-order chi connectivity index (χ0) is 13.1. The van der Waals surface area contributed by atoms with Crippen molar-refractivity contribution in [2.24, 2.45) is 0 Å². The number of carbonyl (C=O) groups is 1. The van der Waals surface area contributed by atoms with Crippen molar-refractivity contribution in [3.63, 3.8) is 0 Å². The van der Waals surface area contributed by atoms with Gasteiger partial charge in [0.15, 0.2) is 0 Å². The Labute approximate surface area is 111 Å². The SMILES string of the molecule is CC1CC(Nc2cc(Cl)ccc2C(=O)O)CCO1. The van der Waals surface area contributed by atoms with E-state index in [1.165, 1.54) is 6.07 Å². The Morgan fingerprint density at radius 2 is 2.33 bits per heavy atom. The van der Waals surface area contributed by atoms with Crippen LogP contribution in [0, 0.1) is 0 Å². The van der Waals surface area contributed by atoms with E-state index in [4.69, 9.17) is 21.4 Å². The van der Waals surface area contributed by atoms with Gasteiger partial charge < -0.3 is 15.2 Å². The Balaban J connectivity index is 2.16. The van der Waals surface area contributed by atoms with Crippen LogP contribution in [-0.2, 0) is 4.74 Å². The molecule has 4 nitrogen and oxygen atoms in total. The lowest BCUT2D eigenvalue weighted by atomic mass is 10.0. The fourth-order valence-electron chi connectivity index (χ4n) is 2.17. The first-order chi connectivity index (χ1) is 8.56. The summed E-state index contributed by atoms with van der Waals surface area (Å²) in [5, 5.41) is 12.9. The summed E-state index contributed by atoms with van der Waals surface area (Å²) in [7, 11) is 0. The van der Waals surface area contributed by atoms with E-state index in [0.29, 0.717) is 17.3 Å². The van der Waals surface area contributed by atoms with Crippen LogP contribution in [0.5, 0.6) is 0 Å². The van der Waals surface area contributed by atoms with E-state index in [2.05, 4.69) is 5.32 Å². The second kappa shape index (κ2) is 5.59. The molecule has 0 aromatic heterocycles. The number of nitrogens with one attached hydrogen (secondary N) is 1. The smallest absolute Gasteiger partial charge is 0.337 e. The van der Waals surface area contributed by atoms with Gasteiger partial charge in [-0.2, -0.15) is 0 Å². The van der Waals surface area contributed by atoms with Gasteiger partial charge in [0.2, 0.25) is 0 Å². The highest BCUT2D eigenvalue weighted by Gasteiger charge is 2.21.